The van der Waals surface area contributed by atoms with Crippen molar-refractivity contribution in [3.05, 3.63) is 56.3 Å². The number of hydrogen-bond acceptors (Lipinski definition) is 5. The van der Waals surface area contributed by atoms with Crippen molar-refractivity contribution in [1.82, 2.24) is 4.57 Å². The summed E-state index contributed by atoms with van der Waals surface area (Å²) in [5.41, 5.74) is -0.645. The van der Waals surface area contributed by atoms with Gasteiger partial charge in [-0.1, -0.05) is 49.9 Å². The van der Waals surface area contributed by atoms with Crippen LogP contribution in [0.25, 0.3) is 0 Å². The van der Waals surface area contributed by atoms with Crippen molar-refractivity contribution in [2.24, 2.45) is 0 Å². The highest BCUT2D eigenvalue weighted by Crippen LogP contribution is 2.26. The Morgan fingerprint density at radius 2 is 2.00 bits per heavy atom. The number of ketones is 1. The fourth-order valence-corrected chi connectivity index (χ4v) is 3.16. The smallest absolute Gasteiger partial charge is 0.271 e. The van der Waals surface area contributed by atoms with E-state index in [0.717, 1.165) is 23.8 Å². The average Bonchev–Trinajstić information content (AvgIpc) is 2.67. The Labute approximate surface area is 168 Å². The number of nitrogens with zero attached hydrogens (tertiary/aromatic N) is 2. The minimum atomic E-state index is -0.586. The van der Waals surface area contributed by atoms with E-state index in [1.165, 1.54) is 6.92 Å². The Bertz CT molecular complexity index is 960. The van der Waals surface area contributed by atoms with Gasteiger partial charge in [-0.05, 0) is 31.0 Å². The van der Waals surface area contributed by atoms with Crippen LogP contribution in [0.1, 0.15) is 54.1 Å². The van der Waals surface area contributed by atoms with Crippen LogP contribution in [0.5, 0.6) is 11.6 Å². The monoisotopic (exact) mass is 402 g/mol. The second-order valence-corrected chi connectivity index (χ2v) is 6.88. The molecule has 28 heavy (non-hydrogen) atoms. The normalized spacial score (nSPS) is 10.5. The third-order valence-corrected chi connectivity index (χ3v) is 4.82. The number of unbranched alkanes of at least 4 members (excludes halogenated alkanes) is 3. The lowest BCUT2D eigenvalue weighted by Crippen LogP contribution is -2.27. The van der Waals surface area contributed by atoms with E-state index in [0.29, 0.717) is 17.2 Å². The van der Waals surface area contributed by atoms with E-state index in [1.807, 2.05) is 6.07 Å². The van der Waals surface area contributed by atoms with Crippen molar-refractivity contribution in [3.8, 4) is 17.7 Å². The van der Waals surface area contributed by atoms with Crippen LogP contribution in [-0.2, 0) is 6.54 Å². The zero-order chi connectivity index (χ0) is 20.7. The van der Waals surface area contributed by atoms with Crippen molar-refractivity contribution < 1.29 is 14.6 Å². The summed E-state index contributed by atoms with van der Waals surface area (Å²) in [5.74, 6) is -0.623. The first kappa shape index (κ1) is 21.5. The molecule has 0 radical (unpaired) electrons. The summed E-state index contributed by atoms with van der Waals surface area (Å²) in [6.07, 6.45) is 3.58. The van der Waals surface area contributed by atoms with Crippen molar-refractivity contribution in [2.75, 3.05) is 6.61 Å². The van der Waals surface area contributed by atoms with Gasteiger partial charge in [-0.2, -0.15) is 5.26 Å². The van der Waals surface area contributed by atoms with Crippen LogP contribution in [0, 0.1) is 18.3 Å². The van der Waals surface area contributed by atoms with Gasteiger partial charge in [0.25, 0.3) is 5.56 Å². The van der Waals surface area contributed by atoms with Crippen molar-refractivity contribution in [3.63, 3.8) is 0 Å². The number of benzene rings is 1. The standard InChI is InChI=1S/C21H23ClN2O4/c1-3-4-5-8-11-24-20(26)15(12-23)14(2)19(21(24)27)17(25)13-28-18-10-7-6-9-16(18)22/h6-7,9-10,27H,3-5,8,11,13H2,1-2H3. The zero-order valence-corrected chi connectivity index (χ0v) is 16.8. The summed E-state index contributed by atoms with van der Waals surface area (Å²) in [6.45, 7) is 3.41. The highest BCUT2D eigenvalue weighted by atomic mass is 35.5. The molecule has 1 N–H and O–H groups in total. The fourth-order valence-electron chi connectivity index (χ4n) is 2.97. The molecular weight excluding hydrogens is 380 g/mol. The lowest BCUT2D eigenvalue weighted by molar-refractivity contribution is 0.0916. The molecule has 1 aromatic carbocycles. The summed E-state index contributed by atoms with van der Waals surface area (Å²) in [7, 11) is 0. The van der Waals surface area contributed by atoms with Gasteiger partial charge in [0.2, 0.25) is 11.7 Å². The molecular formula is C21H23ClN2O4. The molecule has 0 aliphatic rings. The number of ether oxygens (including phenoxy) is 1. The van der Waals surface area contributed by atoms with Crippen LogP contribution in [0.3, 0.4) is 0 Å². The maximum atomic E-state index is 12.7. The summed E-state index contributed by atoms with van der Waals surface area (Å²) < 4.78 is 6.56. The maximum absolute atomic E-state index is 12.7. The predicted octanol–water partition coefficient (Wildman–Crippen LogP) is 4.23. The first-order chi connectivity index (χ1) is 13.4. The SMILES string of the molecule is CCCCCCn1c(O)c(C(=O)COc2ccccc2Cl)c(C)c(C#N)c1=O. The first-order valence-electron chi connectivity index (χ1n) is 9.19. The Morgan fingerprint density at radius 3 is 2.64 bits per heavy atom. The number of hydrogen-bond donors (Lipinski definition) is 1. The molecule has 7 heteroatoms. The first-order valence-corrected chi connectivity index (χ1v) is 9.57. The molecule has 0 atom stereocenters. The van der Waals surface area contributed by atoms with Crippen LogP contribution < -0.4 is 10.3 Å². The van der Waals surface area contributed by atoms with Gasteiger partial charge in [0, 0.05) is 6.54 Å². The molecule has 0 aliphatic carbocycles. The molecule has 0 saturated carbocycles. The lowest BCUT2D eigenvalue weighted by atomic mass is 10.0. The number of aromatic nitrogens is 1. The number of rotatable bonds is 9. The molecule has 0 saturated heterocycles. The van der Waals surface area contributed by atoms with E-state index in [2.05, 4.69) is 6.92 Å². The van der Waals surface area contributed by atoms with Gasteiger partial charge in [0.15, 0.2) is 6.61 Å². The number of carbonyl (C=O) groups excluding carboxylic acids is 1. The number of aromatic hydroxyl groups is 1. The van der Waals surface area contributed by atoms with E-state index in [-0.39, 0.29) is 29.8 Å². The van der Waals surface area contributed by atoms with Gasteiger partial charge < -0.3 is 9.84 Å². The molecule has 1 heterocycles. The van der Waals surface area contributed by atoms with Crippen molar-refractivity contribution >= 4 is 17.4 Å². The Balaban J connectivity index is 2.34. The minimum absolute atomic E-state index is 0.0707. The van der Waals surface area contributed by atoms with Gasteiger partial charge >= 0.3 is 0 Å². The van der Waals surface area contributed by atoms with Gasteiger partial charge in [-0.25, -0.2) is 0 Å². The summed E-state index contributed by atoms with van der Waals surface area (Å²) in [6, 6.07) is 8.57. The van der Waals surface area contributed by atoms with Crippen LogP contribution in [0.4, 0.5) is 0 Å². The highest BCUT2D eigenvalue weighted by Gasteiger charge is 2.24. The van der Waals surface area contributed by atoms with Gasteiger partial charge in [0.1, 0.15) is 17.4 Å². The van der Waals surface area contributed by atoms with Gasteiger partial charge in [-0.3, -0.25) is 14.2 Å². The quantitative estimate of drug-likeness (QED) is 0.500. The molecule has 0 aliphatic heterocycles. The van der Waals surface area contributed by atoms with Crippen LogP contribution >= 0.6 is 11.6 Å². The number of halogens is 1. The Kier molecular flexibility index (Phi) is 7.65. The predicted molar refractivity (Wildman–Crippen MR) is 107 cm³/mol. The molecule has 2 rings (SSSR count). The second kappa shape index (κ2) is 9.95. The second-order valence-electron chi connectivity index (χ2n) is 6.47. The van der Waals surface area contributed by atoms with E-state index in [4.69, 9.17) is 16.3 Å². The number of para-hydroxylation sites is 1. The number of pyridine rings is 1. The molecule has 2 aromatic rings. The molecule has 1 aromatic heterocycles. The largest absolute Gasteiger partial charge is 0.494 e. The van der Waals surface area contributed by atoms with Crippen molar-refractivity contribution in [2.45, 2.75) is 46.1 Å². The zero-order valence-electron chi connectivity index (χ0n) is 16.0. The average molecular weight is 403 g/mol. The number of carbonyl (C=O) groups is 1. The molecule has 6 nitrogen and oxygen atoms in total. The topological polar surface area (TPSA) is 92.3 Å². The van der Waals surface area contributed by atoms with E-state index in [1.54, 1.807) is 24.3 Å². The molecule has 0 spiro atoms. The van der Waals surface area contributed by atoms with E-state index in [9.17, 15) is 20.0 Å². The van der Waals surface area contributed by atoms with Crippen LogP contribution in [0.15, 0.2) is 29.1 Å². The molecule has 148 valence electrons. The minimum Gasteiger partial charge on any atom is -0.494 e. The fraction of sp³-hybridized carbons (Fsp3) is 0.381. The molecule has 0 unspecified atom stereocenters. The van der Waals surface area contributed by atoms with Crippen LogP contribution in [-0.4, -0.2) is 22.1 Å². The third-order valence-electron chi connectivity index (χ3n) is 4.51. The van der Waals surface area contributed by atoms with Crippen LogP contribution in [0.2, 0.25) is 5.02 Å². The number of nitriles is 1. The van der Waals surface area contributed by atoms with E-state index < -0.39 is 17.2 Å². The maximum Gasteiger partial charge on any atom is 0.271 e. The van der Waals surface area contributed by atoms with E-state index >= 15 is 0 Å². The third kappa shape index (κ3) is 4.73. The van der Waals surface area contributed by atoms with Crippen molar-refractivity contribution in [1.29, 1.82) is 5.26 Å². The van der Waals surface area contributed by atoms with Gasteiger partial charge in [-0.15, -0.1) is 0 Å². The number of Topliss-reactive ketones (excluding diaryl/α,β-unsaturated/α-hetero) is 1. The summed E-state index contributed by atoms with van der Waals surface area (Å²) >= 11 is 6.02. The Morgan fingerprint density at radius 1 is 1.29 bits per heavy atom. The molecule has 0 bridgehead atoms. The summed E-state index contributed by atoms with van der Waals surface area (Å²) in [5, 5.41) is 20.3. The molecule has 0 amide bonds. The van der Waals surface area contributed by atoms with Gasteiger partial charge in [0.05, 0.1) is 10.6 Å². The highest BCUT2D eigenvalue weighted by molar-refractivity contribution is 6.32. The summed E-state index contributed by atoms with van der Waals surface area (Å²) in [4.78, 5) is 25.3. The molecule has 0 fully saturated rings. The lowest BCUT2D eigenvalue weighted by Gasteiger charge is -2.16. The Hall–Kier alpha value is -2.78.